The lowest BCUT2D eigenvalue weighted by Gasteiger charge is -2.30. The summed E-state index contributed by atoms with van der Waals surface area (Å²) in [5.41, 5.74) is 2.62. The molecule has 1 aromatic rings. The Morgan fingerprint density at radius 1 is 1.08 bits per heavy atom. The number of hydrogen-bond acceptors (Lipinski definition) is 4. The molecule has 142 valence electrons. The molecule has 26 heavy (non-hydrogen) atoms. The fraction of sp³-hybridized carbons (Fsp3) is 0.619. The van der Waals surface area contributed by atoms with Crippen LogP contribution in [-0.4, -0.2) is 46.6 Å². The highest BCUT2D eigenvalue weighted by atomic mass is 16.3. The second kappa shape index (κ2) is 8.31. The Bertz CT molecular complexity index is 647. The zero-order valence-corrected chi connectivity index (χ0v) is 15.8. The normalized spacial score (nSPS) is 23.0. The quantitative estimate of drug-likeness (QED) is 0.794. The van der Waals surface area contributed by atoms with E-state index >= 15 is 0 Å². The lowest BCUT2D eigenvalue weighted by Crippen LogP contribution is -2.53. The summed E-state index contributed by atoms with van der Waals surface area (Å²) in [7, 11) is 0. The van der Waals surface area contributed by atoms with Gasteiger partial charge in [0.05, 0.1) is 6.04 Å². The largest absolute Gasteiger partial charge is 0.370 e. The van der Waals surface area contributed by atoms with Crippen molar-refractivity contribution in [2.24, 2.45) is 0 Å². The highest BCUT2D eigenvalue weighted by Crippen LogP contribution is 2.26. The summed E-state index contributed by atoms with van der Waals surface area (Å²) < 4.78 is 0. The second-order valence-electron chi connectivity index (χ2n) is 7.74. The molecule has 2 fully saturated rings. The molecule has 0 spiro atoms. The third-order valence-electron chi connectivity index (χ3n) is 5.82. The van der Waals surface area contributed by atoms with Gasteiger partial charge in [0.25, 0.3) is 5.91 Å². The third-order valence-corrected chi connectivity index (χ3v) is 5.82. The van der Waals surface area contributed by atoms with E-state index in [4.69, 9.17) is 0 Å². The van der Waals surface area contributed by atoms with Crippen molar-refractivity contribution in [2.45, 2.75) is 77.1 Å². The third kappa shape index (κ3) is 3.99. The number of Topliss-reactive ketones (excluding diaryl/α,β-unsaturated/α-hetero) is 1. The van der Waals surface area contributed by atoms with Crippen LogP contribution in [0.25, 0.3) is 0 Å². The Balaban J connectivity index is 1.70. The molecule has 0 radical (unpaired) electrons. The van der Waals surface area contributed by atoms with Gasteiger partial charge in [-0.1, -0.05) is 37.5 Å². The van der Waals surface area contributed by atoms with Crippen LogP contribution in [0.1, 0.15) is 66.4 Å². The number of carbonyl (C=O) groups is 2. The summed E-state index contributed by atoms with van der Waals surface area (Å²) >= 11 is 0. The van der Waals surface area contributed by atoms with Crippen LogP contribution in [0.5, 0.6) is 0 Å². The van der Waals surface area contributed by atoms with E-state index in [1.54, 1.807) is 4.90 Å². The molecule has 0 bridgehead atoms. The number of amides is 1. The van der Waals surface area contributed by atoms with E-state index in [1.165, 1.54) is 6.42 Å². The Morgan fingerprint density at radius 3 is 2.38 bits per heavy atom. The van der Waals surface area contributed by atoms with Crippen molar-refractivity contribution in [1.29, 1.82) is 0 Å². The molecule has 3 rings (SSSR count). The van der Waals surface area contributed by atoms with E-state index in [9.17, 15) is 14.7 Å². The monoisotopic (exact) mass is 358 g/mol. The number of aliphatic hydroxyl groups excluding tert-OH is 1. The summed E-state index contributed by atoms with van der Waals surface area (Å²) in [6.45, 7) is 4.44. The van der Waals surface area contributed by atoms with Crippen molar-refractivity contribution in [2.75, 3.05) is 6.54 Å². The number of nitrogens with zero attached hydrogens (tertiary/aromatic N) is 1. The molecular formula is C21H30N2O3. The van der Waals surface area contributed by atoms with Gasteiger partial charge in [-0.3, -0.25) is 14.5 Å². The zero-order valence-electron chi connectivity index (χ0n) is 15.8. The van der Waals surface area contributed by atoms with E-state index < -0.39 is 12.3 Å². The Morgan fingerprint density at radius 2 is 1.73 bits per heavy atom. The number of aliphatic hydroxyl groups is 1. The summed E-state index contributed by atoms with van der Waals surface area (Å²) in [5, 5.41) is 13.6. The van der Waals surface area contributed by atoms with Crippen LogP contribution in [0.4, 0.5) is 0 Å². The average Bonchev–Trinajstić information content (AvgIpc) is 3.11. The number of hydrogen-bond donors (Lipinski definition) is 2. The fourth-order valence-corrected chi connectivity index (χ4v) is 4.41. The standard InChI is InChI=1S/C21H30N2O3/c1-14-8-6-9-15(2)18(14)19(24)17-12-7-13-23(17)21(26)20(25)22-16-10-4-3-5-11-16/h6,8-9,16-17,21,26H,3-5,7,10-13H2,1-2H3,(H,22,25). The first-order chi connectivity index (χ1) is 12.5. The SMILES string of the molecule is Cc1cccc(C)c1C(=O)C1CCCN1C(O)C(=O)NC1CCCCC1. The first-order valence-electron chi connectivity index (χ1n) is 9.83. The van der Waals surface area contributed by atoms with Crippen molar-refractivity contribution in [3.63, 3.8) is 0 Å². The van der Waals surface area contributed by atoms with Crippen LogP contribution in [0.2, 0.25) is 0 Å². The van der Waals surface area contributed by atoms with Crippen molar-refractivity contribution in [1.82, 2.24) is 10.2 Å². The molecule has 1 amide bonds. The lowest BCUT2D eigenvalue weighted by atomic mass is 9.94. The van der Waals surface area contributed by atoms with E-state index in [0.29, 0.717) is 13.0 Å². The minimum Gasteiger partial charge on any atom is -0.370 e. The number of aryl methyl sites for hydroxylation is 2. The maximum Gasteiger partial charge on any atom is 0.264 e. The van der Waals surface area contributed by atoms with Crippen molar-refractivity contribution < 1.29 is 14.7 Å². The van der Waals surface area contributed by atoms with Gasteiger partial charge in [-0.05, 0) is 50.7 Å². The highest BCUT2D eigenvalue weighted by molar-refractivity contribution is 6.03. The van der Waals surface area contributed by atoms with Gasteiger partial charge in [0.15, 0.2) is 12.0 Å². The van der Waals surface area contributed by atoms with Crippen molar-refractivity contribution >= 4 is 11.7 Å². The molecule has 1 aromatic carbocycles. The average molecular weight is 358 g/mol. The predicted octanol–water partition coefficient (Wildman–Crippen LogP) is 2.72. The lowest BCUT2D eigenvalue weighted by molar-refractivity contribution is -0.140. The second-order valence-corrected chi connectivity index (χ2v) is 7.74. The number of nitrogens with one attached hydrogen (secondary N) is 1. The molecule has 2 N–H and O–H groups in total. The van der Waals surface area contributed by atoms with Crippen LogP contribution in [-0.2, 0) is 4.79 Å². The van der Waals surface area contributed by atoms with Gasteiger partial charge in [0.2, 0.25) is 0 Å². The van der Waals surface area contributed by atoms with Gasteiger partial charge in [-0.25, -0.2) is 0 Å². The smallest absolute Gasteiger partial charge is 0.264 e. The van der Waals surface area contributed by atoms with E-state index in [-0.39, 0.29) is 17.7 Å². The van der Waals surface area contributed by atoms with E-state index in [2.05, 4.69) is 5.32 Å². The number of ketones is 1. The van der Waals surface area contributed by atoms with E-state index in [0.717, 1.165) is 48.8 Å². The molecule has 2 aliphatic rings. The first-order valence-corrected chi connectivity index (χ1v) is 9.83. The maximum absolute atomic E-state index is 13.1. The van der Waals surface area contributed by atoms with Crippen LogP contribution < -0.4 is 5.32 Å². The molecular weight excluding hydrogens is 328 g/mol. The summed E-state index contributed by atoms with van der Waals surface area (Å²) in [6.07, 6.45) is 5.66. The summed E-state index contributed by atoms with van der Waals surface area (Å²) in [4.78, 5) is 27.3. The van der Waals surface area contributed by atoms with Crippen molar-refractivity contribution in [3.05, 3.63) is 34.9 Å². The molecule has 0 aromatic heterocycles. The maximum atomic E-state index is 13.1. The van der Waals surface area contributed by atoms with Gasteiger partial charge in [-0.2, -0.15) is 0 Å². The summed E-state index contributed by atoms with van der Waals surface area (Å²) in [5.74, 6) is -0.347. The van der Waals surface area contributed by atoms with Gasteiger partial charge in [-0.15, -0.1) is 0 Å². The van der Waals surface area contributed by atoms with Crippen molar-refractivity contribution in [3.8, 4) is 0 Å². The molecule has 2 unspecified atom stereocenters. The van der Waals surface area contributed by atoms with Gasteiger partial charge < -0.3 is 10.4 Å². The topological polar surface area (TPSA) is 69.6 Å². The molecule has 5 nitrogen and oxygen atoms in total. The molecule has 5 heteroatoms. The molecule has 2 atom stereocenters. The number of benzene rings is 1. The van der Waals surface area contributed by atoms with Gasteiger partial charge >= 0.3 is 0 Å². The number of carbonyl (C=O) groups excluding carboxylic acids is 2. The summed E-state index contributed by atoms with van der Waals surface area (Å²) in [6, 6.07) is 5.54. The highest BCUT2D eigenvalue weighted by Gasteiger charge is 2.39. The van der Waals surface area contributed by atoms with Crippen LogP contribution in [0, 0.1) is 13.8 Å². The number of likely N-dealkylation sites (tertiary alicyclic amines) is 1. The Kier molecular flexibility index (Phi) is 6.09. The predicted molar refractivity (Wildman–Crippen MR) is 101 cm³/mol. The van der Waals surface area contributed by atoms with Crippen LogP contribution in [0.15, 0.2) is 18.2 Å². The van der Waals surface area contributed by atoms with Crippen LogP contribution >= 0.6 is 0 Å². The Hall–Kier alpha value is -1.72. The first kappa shape index (κ1) is 19.1. The van der Waals surface area contributed by atoms with E-state index in [1.807, 2.05) is 32.0 Å². The fourth-order valence-electron chi connectivity index (χ4n) is 4.41. The zero-order chi connectivity index (χ0) is 18.7. The minimum absolute atomic E-state index is 0.0163. The van der Waals surface area contributed by atoms with Gasteiger partial charge in [0.1, 0.15) is 0 Å². The Labute approximate surface area is 155 Å². The molecule has 1 saturated carbocycles. The minimum atomic E-state index is -1.25. The van der Waals surface area contributed by atoms with Crippen LogP contribution in [0.3, 0.4) is 0 Å². The van der Waals surface area contributed by atoms with Gasteiger partial charge in [0, 0.05) is 18.2 Å². The molecule has 1 heterocycles. The molecule has 1 aliphatic heterocycles. The number of rotatable bonds is 5. The molecule has 1 aliphatic carbocycles. The molecule has 1 saturated heterocycles.